The topological polar surface area (TPSA) is 88.5 Å². The third-order valence-electron chi connectivity index (χ3n) is 3.49. The predicted molar refractivity (Wildman–Crippen MR) is 96.3 cm³/mol. The van der Waals surface area contributed by atoms with Crippen molar-refractivity contribution in [2.75, 3.05) is 6.61 Å². The number of carbonyl (C=O) groups is 2. The number of hydrogen-bond donors (Lipinski definition) is 2. The monoisotopic (exact) mass is 362 g/mol. The molecule has 1 unspecified atom stereocenters. The van der Waals surface area contributed by atoms with Crippen LogP contribution in [-0.2, 0) is 11.2 Å². The van der Waals surface area contributed by atoms with Crippen LogP contribution in [0.1, 0.15) is 52.2 Å². The number of rotatable bonds is 8. The zero-order valence-electron chi connectivity index (χ0n) is 14.5. The summed E-state index contributed by atoms with van der Waals surface area (Å²) in [5, 5.41) is 12.5. The van der Waals surface area contributed by atoms with Crippen molar-refractivity contribution in [3.63, 3.8) is 0 Å². The number of carbonyl (C=O) groups excluding carboxylic acids is 1. The fraction of sp³-hybridized carbons (Fsp3) is 0.389. The summed E-state index contributed by atoms with van der Waals surface area (Å²) in [4.78, 5) is 27.8. The number of nitrogens with zero attached hydrogens (tertiary/aromatic N) is 1. The van der Waals surface area contributed by atoms with E-state index in [1.807, 2.05) is 31.2 Å². The number of amides is 1. The second-order valence-corrected chi connectivity index (χ2v) is 6.76. The van der Waals surface area contributed by atoms with E-state index in [1.54, 1.807) is 13.8 Å². The SMILES string of the molecule is CCCOc1cccc(CC(=O)NC(C)c2nc(C)c(C(=O)O)s2)c1. The number of ether oxygens (including phenoxy) is 1. The van der Waals surface area contributed by atoms with Crippen LogP contribution in [0.3, 0.4) is 0 Å². The lowest BCUT2D eigenvalue weighted by Gasteiger charge is -2.12. The third-order valence-corrected chi connectivity index (χ3v) is 4.82. The van der Waals surface area contributed by atoms with Crippen LogP contribution >= 0.6 is 11.3 Å². The molecular weight excluding hydrogens is 340 g/mol. The van der Waals surface area contributed by atoms with Crippen molar-refractivity contribution in [1.82, 2.24) is 10.3 Å². The normalized spacial score (nSPS) is 11.8. The average molecular weight is 362 g/mol. The van der Waals surface area contributed by atoms with Crippen molar-refractivity contribution >= 4 is 23.2 Å². The largest absolute Gasteiger partial charge is 0.494 e. The molecule has 0 saturated carbocycles. The minimum absolute atomic E-state index is 0.148. The molecule has 0 spiro atoms. The zero-order chi connectivity index (χ0) is 18.4. The third kappa shape index (κ3) is 5.29. The molecule has 0 aliphatic rings. The molecule has 1 atom stereocenters. The van der Waals surface area contributed by atoms with E-state index >= 15 is 0 Å². The summed E-state index contributed by atoms with van der Waals surface area (Å²) in [7, 11) is 0. The molecular formula is C18H22N2O4S. The minimum Gasteiger partial charge on any atom is -0.494 e. The number of hydrogen-bond acceptors (Lipinski definition) is 5. The van der Waals surface area contributed by atoms with Crippen LogP contribution in [0.4, 0.5) is 0 Å². The number of nitrogens with one attached hydrogen (secondary N) is 1. The molecule has 0 radical (unpaired) electrons. The summed E-state index contributed by atoms with van der Waals surface area (Å²) in [6.07, 6.45) is 1.15. The van der Waals surface area contributed by atoms with Crippen molar-refractivity contribution in [2.24, 2.45) is 0 Å². The highest BCUT2D eigenvalue weighted by molar-refractivity contribution is 7.13. The molecule has 0 bridgehead atoms. The van der Waals surface area contributed by atoms with Gasteiger partial charge in [-0.1, -0.05) is 19.1 Å². The first kappa shape index (κ1) is 18.9. The van der Waals surface area contributed by atoms with Gasteiger partial charge in [0, 0.05) is 0 Å². The molecule has 25 heavy (non-hydrogen) atoms. The van der Waals surface area contributed by atoms with Crippen LogP contribution in [-0.4, -0.2) is 28.6 Å². The summed E-state index contributed by atoms with van der Waals surface area (Å²) in [6.45, 7) is 6.12. The highest BCUT2D eigenvalue weighted by Crippen LogP contribution is 2.23. The molecule has 1 aromatic heterocycles. The predicted octanol–water partition coefficient (Wildman–Crippen LogP) is 3.36. The average Bonchev–Trinajstić information content (AvgIpc) is 2.95. The maximum atomic E-state index is 12.3. The van der Waals surface area contributed by atoms with Crippen LogP contribution < -0.4 is 10.1 Å². The van der Waals surface area contributed by atoms with Crippen molar-refractivity contribution < 1.29 is 19.4 Å². The van der Waals surface area contributed by atoms with Gasteiger partial charge in [-0.05, 0) is 38.0 Å². The Morgan fingerprint density at radius 2 is 2.16 bits per heavy atom. The maximum absolute atomic E-state index is 12.3. The molecule has 1 amide bonds. The van der Waals surface area contributed by atoms with Gasteiger partial charge in [0.25, 0.3) is 0 Å². The van der Waals surface area contributed by atoms with Gasteiger partial charge >= 0.3 is 5.97 Å². The zero-order valence-corrected chi connectivity index (χ0v) is 15.4. The highest BCUT2D eigenvalue weighted by Gasteiger charge is 2.19. The Bertz CT molecular complexity index is 757. The first-order chi connectivity index (χ1) is 11.9. The van der Waals surface area contributed by atoms with Gasteiger partial charge in [-0.3, -0.25) is 4.79 Å². The summed E-state index contributed by atoms with van der Waals surface area (Å²) >= 11 is 1.09. The van der Waals surface area contributed by atoms with Crippen molar-refractivity contribution in [3.8, 4) is 5.75 Å². The number of thiazole rings is 1. The Hall–Kier alpha value is -2.41. The number of aryl methyl sites for hydroxylation is 1. The number of benzene rings is 1. The van der Waals surface area contributed by atoms with E-state index < -0.39 is 5.97 Å². The van der Waals surface area contributed by atoms with Crippen LogP contribution in [0.2, 0.25) is 0 Å². The molecule has 1 aromatic carbocycles. The van der Waals surface area contributed by atoms with Crippen LogP contribution in [0.25, 0.3) is 0 Å². The molecule has 2 aromatic rings. The Kier molecular flexibility index (Phi) is 6.52. The summed E-state index contributed by atoms with van der Waals surface area (Å²) < 4.78 is 5.57. The summed E-state index contributed by atoms with van der Waals surface area (Å²) in [6, 6.07) is 7.12. The quantitative estimate of drug-likeness (QED) is 0.752. The molecule has 0 fully saturated rings. The molecule has 2 rings (SSSR count). The van der Waals surface area contributed by atoms with E-state index in [2.05, 4.69) is 10.3 Å². The highest BCUT2D eigenvalue weighted by atomic mass is 32.1. The number of aromatic carboxylic acids is 1. The Morgan fingerprint density at radius 1 is 1.40 bits per heavy atom. The molecule has 134 valence electrons. The molecule has 1 heterocycles. The summed E-state index contributed by atoms with van der Waals surface area (Å²) in [5.74, 6) is -0.393. The van der Waals surface area contributed by atoms with E-state index in [0.717, 1.165) is 29.1 Å². The van der Waals surface area contributed by atoms with Crippen molar-refractivity contribution in [3.05, 3.63) is 45.4 Å². The number of carboxylic acids is 1. The van der Waals surface area contributed by atoms with E-state index in [0.29, 0.717) is 17.3 Å². The smallest absolute Gasteiger partial charge is 0.347 e. The number of aromatic nitrogens is 1. The Balaban J connectivity index is 1.97. The maximum Gasteiger partial charge on any atom is 0.347 e. The van der Waals surface area contributed by atoms with Gasteiger partial charge in [-0.2, -0.15) is 0 Å². The fourth-order valence-corrected chi connectivity index (χ4v) is 3.21. The molecule has 0 saturated heterocycles. The van der Waals surface area contributed by atoms with Crippen LogP contribution in [0, 0.1) is 6.92 Å². The lowest BCUT2D eigenvalue weighted by molar-refractivity contribution is -0.121. The van der Waals surface area contributed by atoms with Gasteiger partial charge in [-0.25, -0.2) is 9.78 Å². The van der Waals surface area contributed by atoms with Crippen molar-refractivity contribution in [2.45, 2.75) is 39.7 Å². The fourth-order valence-electron chi connectivity index (χ4n) is 2.31. The first-order valence-electron chi connectivity index (χ1n) is 8.12. The van der Waals surface area contributed by atoms with E-state index in [9.17, 15) is 9.59 Å². The van der Waals surface area contributed by atoms with Gasteiger partial charge in [-0.15, -0.1) is 11.3 Å². The van der Waals surface area contributed by atoms with E-state index in [4.69, 9.17) is 9.84 Å². The molecule has 0 aliphatic carbocycles. The lowest BCUT2D eigenvalue weighted by Crippen LogP contribution is -2.28. The molecule has 0 aliphatic heterocycles. The molecule has 2 N–H and O–H groups in total. The minimum atomic E-state index is -0.997. The van der Waals surface area contributed by atoms with Crippen molar-refractivity contribution in [1.29, 1.82) is 0 Å². The van der Waals surface area contributed by atoms with Gasteiger partial charge in [0.05, 0.1) is 24.8 Å². The van der Waals surface area contributed by atoms with E-state index in [1.165, 1.54) is 0 Å². The standard InChI is InChI=1S/C18H22N2O4S/c1-4-8-24-14-7-5-6-13(9-14)10-15(21)19-12(3)17-20-11(2)16(25-17)18(22)23/h5-7,9,12H,4,8,10H2,1-3H3,(H,19,21)(H,22,23). The summed E-state index contributed by atoms with van der Waals surface area (Å²) in [5.41, 5.74) is 1.33. The van der Waals surface area contributed by atoms with Gasteiger partial charge in [0.2, 0.25) is 5.91 Å². The second kappa shape index (κ2) is 8.62. The van der Waals surface area contributed by atoms with Crippen LogP contribution in [0.15, 0.2) is 24.3 Å². The first-order valence-corrected chi connectivity index (χ1v) is 8.94. The van der Waals surface area contributed by atoms with Gasteiger partial charge < -0.3 is 15.2 Å². The number of carboxylic acid groups (broad SMARTS) is 1. The second-order valence-electron chi connectivity index (χ2n) is 5.73. The van der Waals surface area contributed by atoms with E-state index in [-0.39, 0.29) is 23.2 Å². The Morgan fingerprint density at radius 3 is 2.80 bits per heavy atom. The van der Waals surface area contributed by atoms with Crippen LogP contribution in [0.5, 0.6) is 5.75 Å². The molecule has 7 heteroatoms. The Labute approximate surface area is 150 Å². The van der Waals surface area contributed by atoms with Gasteiger partial charge in [0.1, 0.15) is 15.6 Å². The lowest BCUT2D eigenvalue weighted by atomic mass is 10.1. The van der Waals surface area contributed by atoms with Gasteiger partial charge in [0.15, 0.2) is 0 Å². The molecule has 6 nitrogen and oxygen atoms in total.